The highest BCUT2D eigenvalue weighted by molar-refractivity contribution is 7.81. The zero-order valence-electron chi connectivity index (χ0n) is 6.33. The van der Waals surface area contributed by atoms with E-state index in [9.17, 15) is 0 Å². The van der Waals surface area contributed by atoms with E-state index in [4.69, 9.17) is 0 Å². The summed E-state index contributed by atoms with van der Waals surface area (Å²) in [4.78, 5) is 0. The van der Waals surface area contributed by atoms with Gasteiger partial charge in [0.2, 0.25) is 0 Å². The standard InChI is InChI=1S/C9H14S/c1-2-5-9(10)8-6-3-4-7-8/h3-4,6-10H,2,5H2,1H3. The number of hydrogen-bond acceptors (Lipinski definition) is 1. The largest absolute Gasteiger partial charge is 0.175 e. The van der Waals surface area contributed by atoms with Gasteiger partial charge in [0.25, 0.3) is 0 Å². The lowest BCUT2D eigenvalue weighted by atomic mass is 10.0. The van der Waals surface area contributed by atoms with Gasteiger partial charge in [-0.1, -0.05) is 37.6 Å². The van der Waals surface area contributed by atoms with Gasteiger partial charge in [0.15, 0.2) is 0 Å². The van der Waals surface area contributed by atoms with Crippen LogP contribution in [0, 0.1) is 5.92 Å². The summed E-state index contributed by atoms with van der Waals surface area (Å²) in [5, 5.41) is 0.528. The molecule has 0 bridgehead atoms. The van der Waals surface area contributed by atoms with E-state index in [1.165, 1.54) is 12.8 Å². The van der Waals surface area contributed by atoms with Crippen LogP contribution in [0.4, 0.5) is 0 Å². The van der Waals surface area contributed by atoms with Gasteiger partial charge in [-0.2, -0.15) is 12.6 Å². The second-order valence-corrected chi connectivity index (χ2v) is 3.37. The average molecular weight is 154 g/mol. The summed E-state index contributed by atoms with van der Waals surface area (Å²) in [6.45, 7) is 2.20. The molecule has 1 aliphatic rings. The summed E-state index contributed by atoms with van der Waals surface area (Å²) in [7, 11) is 0. The van der Waals surface area contributed by atoms with Crippen LogP contribution >= 0.6 is 12.6 Å². The molecular formula is C9H14S. The van der Waals surface area contributed by atoms with E-state index in [0.29, 0.717) is 11.2 Å². The zero-order chi connectivity index (χ0) is 7.40. The molecule has 0 radical (unpaired) electrons. The van der Waals surface area contributed by atoms with Crippen LogP contribution in [-0.4, -0.2) is 5.25 Å². The third kappa shape index (κ3) is 1.91. The third-order valence-corrected chi connectivity index (χ3v) is 2.41. The lowest BCUT2D eigenvalue weighted by Gasteiger charge is -2.12. The maximum absolute atomic E-state index is 4.50. The summed E-state index contributed by atoms with van der Waals surface area (Å²) >= 11 is 4.50. The predicted molar refractivity (Wildman–Crippen MR) is 49.5 cm³/mol. The Kier molecular flexibility index (Phi) is 3.07. The van der Waals surface area contributed by atoms with Gasteiger partial charge < -0.3 is 0 Å². The smallest absolute Gasteiger partial charge is 0.0114 e. The number of hydrogen-bond donors (Lipinski definition) is 1. The summed E-state index contributed by atoms with van der Waals surface area (Å²) in [5.74, 6) is 0.586. The fraction of sp³-hybridized carbons (Fsp3) is 0.556. The normalized spacial score (nSPS) is 20.2. The Morgan fingerprint density at radius 1 is 1.40 bits per heavy atom. The van der Waals surface area contributed by atoms with Gasteiger partial charge in [0.05, 0.1) is 0 Å². The van der Waals surface area contributed by atoms with Crippen molar-refractivity contribution >= 4 is 12.6 Å². The first-order valence-corrected chi connectivity index (χ1v) is 4.39. The molecule has 0 N–H and O–H groups in total. The van der Waals surface area contributed by atoms with Crippen LogP contribution in [0.1, 0.15) is 19.8 Å². The second-order valence-electron chi connectivity index (χ2n) is 2.70. The summed E-state index contributed by atoms with van der Waals surface area (Å²) in [6, 6.07) is 0. The highest BCUT2D eigenvalue weighted by atomic mass is 32.1. The Hall–Kier alpha value is -0.170. The van der Waals surface area contributed by atoms with E-state index < -0.39 is 0 Å². The van der Waals surface area contributed by atoms with Crippen molar-refractivity contribution in [3.63, 3.8) is 0 Å². The van der Waals surface area contributed by atoms with Crippen LogP contribution in [0.3, 0.4) is 0 Å². The molecule has 0 amide bonds. The number of rotatable bonds is 3. The van der Waals surface area contributed by atoms with E-state index in [1.807, 2.05) is 0 Å². The van der Waals surface area contributed by atoms with Gasteiger partial charge in [-0.15, -0.1) is 0 Å². The first-order valence-electron chi connectivity index (χ1n) is 3.87. The average Bonchev–Trinajstić information content (AvgIpc) is 2.38. The summed E-state index contributed by atoms with van der Waals surface area (Å²) < 4.78 is 0. The van der Waals surface area contributed by atoms with Crippen LogP contribution in [-0.2, 0) is 0 Å². The molecule has 0 nitrogen and oxygen atoms in total. The summed E-state index contributed by atoms with van der Waals surface area (Å²) in [6.07, 6.45) is 11.1. The molecule has 1 rings (SSSR count). The van der Waals surface area contributed by atoms with Gasteiger partial charge in [-0.05, 0) is 6.42 Å². The number of thiol groups is 1. The van der Waals surface area contributed by atoms with Crippen LogP contribution in [0.5, 0.6) is 0 Å². The van der Waals surface area contributed by atoms with E-state index >= 15 is 0 Å². The maximum Gasteiger partial charge on any atom is 0.0114 e. The fourth-order valence-electron chi connectivity index (χ4n) is 1.19. The Bertz CT molecular complexity index is 135. The Morgan fingerprint density at radius 3 is 2.50 bits per heavy atom. The lowest BCUT2D eigenvalue weighted by molar-refractivity contribution is 0.670. The third-order valence-electron chi connectivity index (χ3n) is 1.81. The van der Waals surface area contributed by atoms with Crippen molar-refractivity contribution in [1.29, 1.82) is 0 Å². The van der Waals surface area contributed by atoms with Crippen molar-refractivity contribution in [3.8, 4) is 0 Å². The molecule has 0 spiro atoms. The first-order chi connectivity index (χ1) is 4.84. The fourth-order valence-corrected chi connectivity index (χ4v) is 1.65. The van der Waals surface area contributed by atoms with Crippen LogP contribution in [0.25, 0.3) is 0 Å². The molecule has 0 saturated carbocycles. The molecule has 1 aliphatic carbocycles. The van der Waals surface area contributed by atoms with Crippen molar-refractivity contribution in [3.05, 3.63) is 24.3 Å². The second kappa shape index (κ2) is 3.87. The highest BCUT2D eigenvalue weighted by Gasteiger charge is 2.12. The van der Waals surface area contributed by atoms with E-state index in [0.717, 1.165) is 0 Å². The van der Waals surface area contributed by atoms with Gasteiger partial charge in [0, 0.05) is 11.2 Å². The van der Waals surface area contributed by atoms with Crippen LogP contribution < -0.4 is 0 Å². The molecular weight excluding hydrogens is 140 g/mol. The molecule has 0 aromatic rings. The molecule has 1 atom stereocenters. The van der Waals surface area contributed by atoms with Crippen molar-refractivity contribution in [2.45, 2.75) is 25.0 Å². The molecule has 10 heavy (non-hydrogen) atoms. The molecule has 0 aliphatic heterocycles. The van der Waals surface area contributed by atoms with Crippen LogP contribution in [0.2, 0.25) is 0 Å². The molecule has 0 aromatic carbocycles. The van der Waals surface area contributed by atoms with Gasteiger partial charge in [-0.3, -0.25) is 0 Å². The van der Waals surface area contributed by atoms with Crippen molar-refractivity contribution in [2.24, 2.45) is 5.92 Å². The molecule has 0 heterocycles. The monoisotopic (exact) mass is 154 g/mol. The highest BCUT2D eigenvalue weighted by Crippen LogP contribution is 2.21. The summed E-state index contributed by atoms with van der Waals surface area (Å²) in [5.41, 5.74) is 0. The van der Waals surface area contributed by atoms with Crippen molar-refractivity contribution in [2.75, 3.05) is 0 Å². The predicted octanol–water partition coefficient (Wildman–Crippen LogP) is 2.83. The molecule has 0 aromatic heterocycles. The minimum atomic E-state index is 0.528. The van der Waals surface area contributed by atoms with E-state index in [1.54, 1.807) is 0 Å². The zero-order valence-corrected chi connectivity index (χ0v) is 7.22. The van der Waals surface area contributed by atoms with Gasteiger partial charge >= 0.3 is 0 Å². The number of allylic oxidation sites excluding steroid dienone is 4. The quantitative estimate of drug-likeness (QED) is 0.594. The molecule has 56 valence electrons. The SMILES string of the molecule is CCCC(S)C1C=CC=C1. The topological polar surface area (TPSA) is 0 Å². The molecule has 0 saturated heterocycles. The minimum absolute atomic E-state index is 0.528. The van der Waals surface area contributed by atoms with E-state index in [-0.39, 0.29) is 0 Å². The Morgan fingerprint density at radius 2 is 2.00 bits per heavy atom. The lowest BCUT2D eigenvalue weighted by Crippen LogP contribution is -2.07. The Labute approximate surface area is 68.4 Å². The van der Waals surface area contributed by atoms with Crippen molar-refractivity contribution < 1.29 is 0 Å². The first kappa shape index (κ1) is 7.93. The van der Waals surface area contributed by atoms with Crippen molar-refractivity contribution in [1.82, 2.24) is 0 Å². The maximum atomic E-state index is 4.50. The molecule has 1 heteroatoms. The van der Waals surface area contributed by atoms with E-state index in [2.05, 4.69) is 43.9 Å². The van der Waals surface area contributed by atoms with Crippen LogP contribution in [0.15, 0.2) is 24.3 Å². The molecule has 0 fully saturated rings. The molecule has 1 unspecified atom stereocenters. The van der Waals surface area contributed by atoms with Gasteiger partial charge in [0.1, 0.15) is 0 Å². The van der Waals surface area contributed by atoms with Gasteiger partial charge in [-0.25, -0.2) is 0 Å². The minimum Gasteiger partial charge on any atom is -0.175 e. The Balaban J connectivity index is 2.33.